The Morgan fingerprint density at radius 2 is 1.79 bits per heavy atom. The fourth-order valence-electron chi connectivity index (χ4n) is 2.62. The van der Waals surface area contributed by atoms with E-state index in [0.717, 1.165) is 11.1 Å². The zero-order valence-corrected chi connectivity index (χ0v) is 17.2. The first-order valence-electron chi connectivity index (χ1n) is 8.94. The number of rotatable bonds is 8. The van der Waals surface area contributed by atoms with Crippen LogP contribution in [0.15, 0.2) is 36.4 Å². The van der Waals surface area contributed by atoms with Crippen LogP contribution in [0.2, 0.25) is 5.02 Å². The van der Waals surface area contributed by atoms with Gasteiger partial charge in [0.15, 0.2) is 6.10 Å². The quantitative estimate of drug-likeness (QED) is 0.657. The third-order valence-electron chi connectivity index (χ3n) is 4.11. The molecule has 0 saturated heterocycles. The van der Waals surface area contributed by atoms with Crippen molar-refractivity contribution in [1.29, 1.82) is 0 Å². The number of hydrogen-bond acceptors (Lipinski definition) is 4. The largest absolute Gasteiger partial charge is 0.481 e. The maximum Gasteiger partial charge on any atom is 0.265 e. The van der Waals surface area contributed by atoms with Crippen LogP contribution in [-0.4, -0.2) is 38.2 Å². The first-order chi connectivity index (χ1) is 13.3. The van der Waals surface area contributed by atoms with Gasteiger partial charge in [0, 0.05) is 18.7 Å². The molecule has 0 saturated carbocycles. The van der Waals surface area contributed by atoms with Crippen molar-refractivity contribution in [3.8, 4) is 5.75 Å². The molecule has 0 aliphatic rings. The number of carbonyl (C=O) groups is 2. The minimum Gasteiger partial charge on any atom is -0.481 e. The molecule has 0 fully saturated rings. The van der Waals surface area contributed by atoms with Crippen LogP contribution in [-0.2, 0) is 9.53 Å². The maximum absolute atomic E-state index is 12.6. The van der Waals surface area contributed by atoms with E-state index in [1.807, 2.05) is 13.8 Å². The van der Waals surface area contributed by atoms with Crippen LogP contribution in [0.4, 0.5) is 5.69 Å². The molecule has 150 valence electrons. The SMILES string of the molecule is COCCNC(=O)c1ccccc1NC(=O)[C@@H](C)Oc1cc(C)c(Cl)c(C)c1. The maximum atomic E-state index is 12.6. The van der Waals surface area contributed by atoms with E-state index in [0.29, 0.717) is 35.2 Å². The average Bonchev–Trinajstić information content (AvgIpc) is 2.66. The lowest BCUT2D eigenvalue weighted by atomic mass is 10.1. The van der Waals surface area contributed by atoms with Crippen LogP contribution in [0.1, 0.15) is 28.4 Å². The highest BCUT2D eigenvalue weighted by Gasteiger charge is 2.19. The van der Waals surface area contributed by atoms with Gasteiger partial charge in [0.1, 0.15) is 5.75 Å². The molecule has 0 aliphatic carbocycles. The molecular weight excluding hydrogens is 380 g/mol. The topological polar surface area (TPSA) is 76.7 Å². The van der Waals surface area contributed by atoms with E-state index < -0.39 is 6.10 Å². The second-order valence-corrected chi connectivity index (χ2v) is 6.79. The molecule has 0 unspecified atom stereocenters. The third-order valence-corrected chi connectivity index (χ3v) is 4.71. The van der Waals surface area contributed by atoms with Crippen molar-refractivity contribution in [1.82, 2.24) is 5.32 Å². The molecule has 6 nitrogen and oxygen atoms in total. The molecule has 2 amide bonds. The third kappa shape index (κ3) is 5.71. The molecular formula is C21H25ClN2O4. The number of ether oxygens (including phenoxy) is 2. The second kappa shape index (κ2) is 10.1. The Hall–Kier alpha value is -2.57. The average molecular weight is 405 g/mol. The first-order valence-corrected chi connectivity index (χ1v) is 9.31. The molecule has 0 radical (unpaired) electrons. The van der Waals surface area contributed by atoms with Crippen LogP contribution in [0.3, 0.4) is 0 Å². The number of nitrogens with one attached hydrogen (secondary N) is 2. The van der Waals surface area contributed by atoms with Gasteiger partial charge >= 0.3 is 0 Å². The fourth-order valence-corrected chi connectivity index (χ4v) is 2.73. The van der Waals surface area contributed by atoms with Gasteiger partial charge in [0.05, 0.1) is 17.9 Å². The van der Waals surface area contributed by atoms with Gasteiger partial charge < -0.3 is 20.1 Å². The Bertz CT molecular complexity index is 831. The van der Waals surface area contributed by atoms with Gasteiger partial charge in [0.25, 0.3) is 11.8 Å². The number of anilines is 1. The smallest absolute Gasteiger partial charge is 0.265 e. The normalized spacial score (nSPS) is 11.6. The number of aryl methyl sites for hydroxylation is 2. The van der Waals surface area contributed by atoms with Gasteiger partial charge in [-0.3, -0.25) is 9.59 Å². The monoisotopic (exact) mass is 404 g/mol. The highest BCUT2D eigenvalue weighted by Crippen LogP contribution is 2.26. The summed E-state index contributed by atoms with van der Waals surface area (Å²) < 4.78 is 10.7. The number of hydrogen-bond donors (Lipinski definition) is 2. The fraction of sp³-hybridized carbons (Fsp3) is 0.333. The molecule has 0 heterocycles. The van der Waals surface area contributed by atoms with Crippen molar-refractivity contribution in [3.05, 3.63) is 58.1 Å². The van der Waals surface area contributed by atoms with E-state index in [1.54, 1.807) is 50.4 Å². The highest BCUT2D eigenvalue weighted by molar-refractivity contribution is 6.32. The van der Waals surface area contributed by atoms with E-state index in [2.05, 4.69) is 10.6 Å². The van der Waals surface area contributed by atoms with Crippen molar-refractivity contribution in [2.45, 2.75) is 26.9 Å². The van der Waals surface area contributed by atoms with Gasteiger partial charge in [-0.05, 0) is 56.2 Å². The van der Waals surface area contributed by atoms with Crippen molar-refractivity contribution < 1.29 is 19.1 Å². The van der Waals surface area contributed by atoms with Gasteiger partial charge in [0.2, 0.25) is 0 Å². The number of methoxy groups -OCH3 is 1. The van der Waals surface area contributed by atoms with Gasteiger partial charge in [-0.1, -0.05) is 23.7 Å². The predicted molar refractivity (Wildman–Crippen MR) is 110 cm³/mol. The minimum absolute atomic E-state index is 0.287. The lowest BCUT2D eigenvalue weighted by Gasteiger charge is -2.17. The second-order valence-electron chi connectivity index (χ2n) is 6.41. The van der Waals surface area contributed by atoms with Gasteiger partial charge in [-0.25, -0.2) is 0 Å². The van der Waals surface area contributed by atoms with Crippen molar-refractivity contribution >= 4 is 29.1 Å². The standard InChI is InChI=1S/C21H25ClN2O4/c1-13-11-16(12-14(2)19(13)22)28-15(3)20(25)24-18-8-6-5-7-17(18)21(26)23-9-10-27-4/h5-8,11-12,15H,9-10H2,1-4H3,(H,23,26)(H,24,25)/t15-/m1/s1. The number of benzene rings is 2. The predicted octanol–water partition coefficient (Wildman–Crippen LogP) is 3.74. The summed E-state index contributed by atoms with van der Waals surface area (Å²) in [5.74, 6) is -0.0829. The molecule has 7 heteroatoms. The Morgan fingerprint density at radius 1 is 1.14 bits per heavy atom. The van der Waals surface area contributed by atoms with E-state index >= 15 is 0 Å². The summed E-state index contributed by atoms with van der Waals surface area (Å²) in [4.78, 5) is 24.9. The Labute approximate surface area is 170 Å². The summed E-state index contributed by atoms with van der Waals surface area (Å²) in [6.45, 7) is 6.20. The zero-order chi connectivity index (χ0) is 20.7. The Balaban J connectivity index is 2.07. The van der Waals surface area contributed by atoms with Gasteiger partial charge in [-0.2, -0.15) is 0 Å². The molecule has 2 aromatic carbocycles. The van der Waals surface area contributed by atoms with E-state index in [9.17, 15) is 9.59 Å². The summed E-state index contributed by atoms with van der Waals surface area (Å²) in [5.41, 5.74) is 2.54. The van der Waals surface area contributed by atoms with Crippen molar-refractivity contribution in [3.63, 3.8) is 0 Å². The van der Waals surface area contributed by atoms with Crippen LogP contribution in [0.25, 0.3) is 0 Å². The van der Waals surface area contributed by atoms with E-state index in [4.69, 9.17) is 21.1 Å². The summed E-state index contributed by atoms with van der Waals surface area (Å²) in [7, 11) is 1.56. The molecule has 2 rings (SSSR count). The molecule has 2 N–H and O–H groups in total. The molecule has 0 bridgehead atoms. The van der Waals surface area contributed by atoms with Crippen LogP contribution in [0.5, 0.6) is 5.75 Å². The summed E-state index contributed by atoms with van der Waals surface area (Å²) in [6.07, 6.45) is -0.760. The van der Waals surface area contributed by atoms with Crippen LogP contribution >= 0.6 is 11.6 Å². The van der Waals surface area contributed by atoms with E-state index in [-0.39, 0.29) is 11.8 Å². The van der Waals surface area contributed by atoms with Crippen LogP contribution in [0, 0.1) is 13.8 Å². The molecule has 0 aromatic heterocycles. The minimum atomic E-state index is -0.760. The molecule has 0 aliphatic heterocycles. The zero-order valence-electron chi connectivity index (χ0n) is 16.5. The summed E-state index contributed by atoms with van der Waals surface area (Å²) >= 11 is 6.17. The Morgan fingerprint density at radius 3 is 2.43 bits per heavy atom. The van der Waals surface area contributed by atoms with Gasteiger partial charge in [-0.15, -0.1) is 0 Å². The van der Waals surface area contributed by atoms with Crippen molar-refractivity contribution in [2.24, 2.45) is 0 Å². The summed E-state index contributed by atoms with van der Waals surface area (Å²) in [5, 5.41) is 6.18. The molecule has 1 atom stereocenters. The lowest BCUT2D eigenvalue weighted by Crippen LogP contribution is -2.32. The Kier molecular flexibility index (Phi) is 7.84. The van der Waals surface area contributed by atoms with Crippen LogP contribution < -0.4 is 15.4 Å². The lowest BCUT2D eigenvalue weighted by molar-refractivity contribution is -0.122. The molecule has 28 heavy (non-hydrogen) atoms. The number of halogens is 1. The number of carbonyl (C=O) groups excluding carboxylic acids is 2. The molecule has 2 aromatic rings. The number of para-hydroxylation sites is 1. The van der Waals surface area contributed by atoms with E-state index in [1.165, 1.54) is 0 Å². The summed E-state index contributed by atoms with van der Waals surface area (Å²) in [6, 6.07) is 10.4. The van der Waals surface area contributed by atoms with Crippen molar-refractivity contribution in [2.75, 3.05) is 25.6 Å². The molecule has 0 spiro atoms. The number of amides is 2. The first kappa shape index (κ1) is 21.7. The highest BCUT2D eigenvalue weighted by atomic mass is 35.5.